The first-order chi connectivity index (χ1) is 6.22. The van der Waals surface area contributed by atoms with Crippen LogP contribution in [0.1, 0.15) is 38.5 Å². The number of hydrogen-bond donors (Lipinski definition) is 2. The van der Waals surface area contributed by atoms with E-state index in [-0.39, 0.29) is 11.5 Å². The van der Waals surface area contributed by atoms with E-state index < -0.39 is 5.97 Å². The lowest BCUT2D eigenvalue weighted by Crippen LogP contribution is -2.45. The van der Waals surface area contributed by atoms with Crippen molar-refractivity contribution >= 4 is 5.97 Å². The van der Waals surface area contributed by atoms with Gasteiger partial charge in [0.25, 0.3) is 0 Å². The predicted octanol–water partition coefficient (Wildman–Crippen LogP) is 1.38. The summed E-state index contributed by atoms with van der Waals surface area (Å²) in [5.74, 6) is -0.702. The average Bonchev–Trinajstić information content (AvgIpc) is 2.53. The molecule has 74 valence electrons. The molecule has 1 saturated heterocycles. The Hall–Kier alpha value is -0.570. The molecule has 0 aromatic carbocycles. The fourth-order valence-corrected chi connectivity index (χ4v) is 2.83. The summed E-state index contributed by atoms with van der Waals surface area (Å²) in [4.78, 5) is 10.9. The highest BCUT2D eigenvalue weighted by Gasteiger charge is 2.40. The third-order valence-corrected chi connectivity index (χ3v) is 3.53. The van der Waals surface area contributed by atoms with Crippen molar-refractivity contribution in [3.05, 3.63) is 0 Å². The maximum absolute atomic E-state index is 10.9. The molecule has 2 fully saturated rings. The number of aliphatic carboxylic acids is 1. The number of carboxylic acid groups (broad SMARTS) is 1. The Morgan fingerprint density at radius 2 is 2.15 bits per heavy atom. The minimum atomic E-state index is -0.604. The lowest BCUT2D eigenvalue weighted by molar-refractivity contribution is -0.143. The van der Waals surface area contributed by atoms with E-state index in [0.717, 1.165) is 25.8 Å². The number of nitrogens with one attached hydrogen (secondary N) is 1. The second-order valence-corrected chi connectivity index (χ2v) is 4.44. The topological polar surface area (TPSA) is 49.3 Å². The average molecular weight is 183 g/mol. The molecule has 2 rings (SSSR count). The van der Waals surface area contributed by atoms with E-state index in [4.69, 9.17) is 5.11 Å². The minimum absolute atomic E-state index is 0.0978. The molecule has 0 bridgehead atoms. The van der Waals surface area contributed by atoms with Gasteiger partial charge >= 0.3 is 5.97 Å². The van der Waals surface area contributed by atoms with Gasteiger partial charge in [0.2, 0.25) is 0 Å². The lowest BCUT2D eigenvalue weighted by Gasteiger charge is -2.36. The van der Waals surface area contributed by atoms with Gasteiger partial charge in [-0.15, -0.1) is 0 Å². The summed E-state index contributed by atoms with van der Waals surface area (Å²) in [6, 6.07) is 0. The Balaban J connectivity index is 2.02. The zero-order valence-electron chi connectivity index (χ0n) is 7.88. The quantitative estimate of drug-likeness (QED) is 0.645. The minimum Gasteiger partial charge on any atom is -0.481 e. The molecule has 0 radical (unpaired) electrons. The normalized spacial score (nSPS) is 39.5. The van der Waals surface area contributed by atoms with Crippen LogP contribution in [0, 0.1) is 5.92 Å². The smallest absolute Gasteiger partial charge is 0.306 e. The Morgan fingerprint density at radius 3 is 2.77 bits per heavy atom. The van der Waals surface area contributed by atoms with Crippen molar-refractivity contribution in [3.8, 4) is 0 Å². The van der Waals surface area contributed by atoms with Crippen molar-refractivity contribution in [2.24, 2.45) is 5.92 Å². The molecule has 1 heterocycles. The summed E-state index contributed by atoms with van der Waals surface area (Å²) in [5.41, 5.74) is 0.196. The van der Waals surface area contributed by atoms with Crippen LogP contribution in [0.25, 0.3) is 0 Å². The van der Waals surface area contributed by atoms with Crippen LogP contribution in [-0.2, 0) is 4.79 Å². The molecule has 13 heavy (non-hydrogen) atoms. The van der Waals surface area contributed by atoms with E-state index in [9.17, 15) is 4.79 Å². The van der Waals surface area contributed by atoms with Crippen LogP contribution in [0.5, 0.6) is 0 Å². The Bertz CT molecular complexity index is 209. The molecular formula is C10H17NO2. The molecule has 1 spiro atoms. The summed E-state index contributed by atoms with van der Waals surface area (Å²) in [6.07, 6.45) is 6.37. The summed E-state index contributed by atoms with van der Waals surface area (Å²) < 4.78 is 0. The van der Waals surface area contributed by atoms with Gasteiger partial charge in [0.05, 0.1) is 5.92 Å². The summed E-state index contributed by atoms with van der Waals surface area (Å²) in [5, 5.41) is 12.4. The fraction of sp³-hybridized carbons (Fsp3) is 0.900. The maximum Gasteiger partial charge on any atom is 0.306 e. The highest BCUT2D eigenvalue weighted by atomic mass is 16.4. The molecule has 0 aromatic heterocycles. The molecule has 3 heteroatoms. The molecule has 1 saturated carbocycles. The maximum atomic E-state index is 10.9. The van der Waals surface area contributed by atoms with E-state index in [2.05, 4.69) is 5.32 Å². The van der Waals surface area contributed by atoms with Gasteiger partial charge in [-0.2, -0.15) is 0 Å². The van der Waals surface area contributed by atoms with Crippen molar-refractivity contribution in [1.82, 2.24) is 5.32 Å². The van der Waals surface area contributed by atoms with Crippen LogP contribution in [0.4, 0.5) is 0 Å². The number of carbonyl (C=O) groups is 1. The highest BCUT2D eigenvalue weighted by molar-refractivity contribution is 5.70. The summed E-state index contributed by atoms with van der Waals surface area (Å²) in [6.45, 7) is 1.08. The van der Waals surface area contributed by atoms with E-state index in [1.165, 1.54) is 19.3 Å². The molecule has 3 nitrogen and oxygen atoms in total. The van der Waals surface area contributed by atoms with Crippen molar-refractivity contribution in [3.63, 3.8) is 0 Å². The van der Waals surface area contributed by atoms with Crippen molar-refractivity contribution in [1.29, 1.82) is 0 Å². The largest absolute Gasteiger partial charge is 0.481 e. The number of hydrogen-bond acceptors (Lipinski definition) is 2. The zero-order valence-corrected chi connectivity index (χ0v) is 7.88. The van der Waals surface area contributed by atoms with Gasteiger partial charge in [-0.3, -0.25) is 4.79 Å². The van der Waals surface area contributed by atoms with Gasteiger partial charge in [-0.1, -0.05) is 6.42 Å². The molecule has 1 aliphatic heterocycles. The molecule has 0 aromatic rings. The van der Waals surface area contributed by atoms with Crippen LogP contribution in [0.2, 0.25) is 0 Å². The van der Waals surface area contributed by atoms with Crippen LogP contribution >= 0.6 is 0 Å². The molecule has 2 N–H and O–H groups in total. The van der Waals surface area contributed by atoms with E-state index in [1.807, 2.05) is 0 Å². The summed E-state index contributed by atoms with van der Waals surface area (Å²) in [7, 11) is 0. The molecule has 1 aliphatic carbocycles. The Kier molecular flexibility index (Phi) is 2.28. The first-order valence-electron chi connectivity index (χ1n) is 5.20. The third-order valence-electron chi connectivity index (χ3n) is 3.53. The van der Waals surface area contributed by atoms with Crippen LogP contribution in [0.15, 0.2) is 0 Å². The van der Waals surface area contributed by atoms with Gasteiger partial charge in [0.15, 0.2) is 0 Å². The highest BCUT2D eigenvalue weighted by Crippen LogP contribution is 2.38. The molecule has 0 amide bonds. The van der Waals surface area contributed by atoms with Crippen LogP contribution < -0.4 is 5.32 Å². The first-order valence-corrected chi connectivity index (χ1v) is 5.20. The first kappa shape index (κ1) is 9.00. The van der Waals surface area contributed by atoms with E-state index in [0.29, 0.717) is 0 Å². The van der Waals surface area contributed by atoms with Gasteiger partial charge in [0, 0.05) is 5.54 Å². The van der Waals surface area contributed by atoms with Crippen LogP contribution in [-0.4, -0.2) is 23.2 Å². The van der Waals surface area contributed by atoms with E-state index in [1.54, 1.807) is 0 Å². The van der Waals surface area contributed by atoms with Crippen molar-refractivity contribution in [2.45, 2.75) is 44.1 Å². The molecular weight excluding hydrogens is 166 g/mol. The second-order valence-electron chi connectivity index (χ2n) is 4.44. The van der Waals surface area contributed by atoms with Crippen molar-refractivity contribution in [2.75, 3.05) is 6.54 Å². The predicted molar refractivity (Wildman–Crippen MR) is 49.6 cm³/mol. The van der Waals surface area contributed by atoms with Gasteiger partial charge in [-0.05, 0) is 38.6 Å². The third kappa shape index (κ3) is 1.70. The van der Waals surface area contributed by atoms with Crippen molar-refractivity contribution < 1.29 is 9.90 Å². The number of carboxylic acids is 1. The van der Waals surface area contributed by atoms with Gasteiger partial charge in [0.1, 0.15) is 0 Å². The van der Waals surface area contributed by atoms with E-state index >= 15 is 0 Å². The van der Waals surface area contributed by atoms with Gasteiger partial charge in [-0.25, -0.2) is 0 Å². The standard InChI is InChI=1S/C10H17NO2/c12-9(13)8-3-1-4-10(7-8)5-2-6-11-10/h8,11H,1-7H2,(H,12,13). The van der Waals surface area contributed by atoms with Crippen LogP contribution in [0.3, 0.4) is 0 Å². The monoisotopic (exact) mass is 183 g/mol. The van der Waals surface area contributed by atoms with Gasteiger partial charge < -0.3 is 10.4 Å². The lowest BCUT2D eigenvalue weighted by atomic mass is 9.75. The second kappa shape index (κ2) is 3.29. The Labute approximate surface area is 78.5 Å². The Morgan fingerprint density at radius 1 is 1.38 bits per heavy atom. The fourth-order valence-electron chi connectivity index (χ4n) is 2.83. The summed E-state index contributed by atoms with van der Waals surface area (Å²) >= 11 is 0. The SMILES string of the molecule is O=C(O)C1CCCC2(CCCN2)C1. The molecule has 2 unspecified atom stereocenters. The zero-order chi connectivity index (χ0) is 9.31. The molecule has 2 aliphatic rings. The molecule has 2 atom stereocenters. The number of rotatable bonds is 1.